The van der Waals surface area contributed by atoms with E-state index in [0.717, 1.165) is 23.3 Å². The van der Waals surface area contributed by atoms with Gasteiger partial charge in [0.25, 0.3) is 0 Å². The van der Waals surface area contributed by atoms with Crippen molar-refractivity contribution in [3.8, 4) is 0 Å². The van der Waals surface area contributed by atoms with Gasteiger partial charge < -0.3 is 10.3 Å². The highest BCUT2D eigenvalue weighted by molar-refractivity contribution is 7.99. The van der Waals surface area contributed by atoms with E-state index in [-0.39, 0.29) is 11.9 Å². The molecule has 0 bridgehead atoms. The SMILES string of the molecule is CC[C@@H](C)[C@H](NC(=O)CSC)c1nc2ccccc2[nH]1. The summed E-state index contributed by atoms with van der Waals surface area (Å²) in [5.41, 5.74) is 1.95. The third kappa shape index (κ3) is 3.33. The largest absolute Gasteiger partial charge is 0.345 e. The summed E-state index contributed by atoms with van der Waals surface area (Å²) >= 11 is 1.53. The van der Waals surface area contributed by atoms with Crippen LogP contribution < -0.4 is 5.32 Å². The first-order valence-electron chi connectivity index (χ1n) is 6.88. The van der Waals surface area contributed by atoms with Crippen LogP contribution in [0.3, 0.4) is 0 Å². The van der Waals surface area contributed by atoms with Crippen molar-refractivity contribution in [1.29, 1.82) is 0 Å². The molecular formula is C15H21N3OS. The van der Waals surface area contributed by atoms with E-state index in [1.165, 1.54) is 11.8 Å². The fourth-order valence-corrected chi connectivity index (χ4v) is 2.53. The summed E-state index contributed by atoms with van der Waals surface area (Å²) < 4.78 is 0. The first kappa shape index (κ1) is 14.9. The average Bonchev–Trinajstić information content (AvgIpc) is 2.87. The molecule has 4 nitrogen and oxygen atoms in total. The Kier molecular flexibility index (Phi) is 5.06. The molecule has 0 fully saturated rings. The number of nitrogens with one attached hydrogen (secondary N) is 2. The lowest BCUT2D eigenvalue weighted by Crippen LogP contribution is -2.34. The molecule has 1 heterocycles. The van der Waals surface area contributed by atoms with Gasteiger partial charge in [0.05, 0.1) is 22.8 Å². The number of fused-ring (bicyclic) bond motifs is 1. The molecule has 0 unspecified atom stereocenters. The lowest BCUT2D eigenvalue weighted by atomic mass is 9.98. The number of hydrogen-bond donors (Lipinski definition) is 2. The number of rotatable bonds is 6. The Morgan fingerprint density at radius 3 is 2.85 bits per heavy atom. The molecule has 5 heteroatoms. The topological polar surface area (TPSA) is 57.8 Å². The minimum atomic E-state index is -0.0629. The Morgan fingerprint density at radius 2 is 2.20 bits per heavy atom. The van der Waals surface area contributed by atoms with Crippen LogP contribution in [0, 0.1) is 5.92 Å². The van der Waals surface area contributed by atoms with Gasteiger partial charge in [0.1, 0.15) is 5.82 Å². The molecule has 1 amide bonds. The average molecular weight is 291 g/mol. The van der Waals surface area contributed by atoms with Crippen molar-refractivity contribution in [2.24, 2.45) is 5.92 Å². The van der Waals surface area contributed by atoms with E-state index in [9.17, 15) is 4.79 Å². The molecule has 1 aromatic carbocycles. The fourth-order valence-electron chi connectivity index (χ4n) is 2.18. The molecule has 1 aromatic heterocycles. The number of aromatic nitrogens is 2. The quantitative estimate of drug-likeness (QED) is 0.859. The molecule has 20 heavy (non-hydrogen) atoms. The van der Waals surface area contributed by atoms with Gasteiger partial charge in [-0.05, 0) is 24.3 Å². The second-order valence-corrected chi connectivity index (χ2v) is 5.87. The molecule has 2 rings (SSSR count). The molecule has 0 aliphatic carbocycles. The van der Waals surface area contributed by atoms with Gasteiger partial charge in [0.15, 0.2) is 0 Å². The van der Waals surface area contributed by atoms with E-state index >= 15 is 0 Å². The number of nitrogens with zero attached hydrogens (tertiary/aromatic N) is 1. The van der Waals surface area contributed by atoms with Gasteiger partial charge in [-0.25, -0.2) is 4.98 Å². The molecule has 2 atom stereocenters. The molecule has 0 saturated carbocycles. The Labute approximate surface area is 123 Å². The zero-order valence-electron chi connectivity index (χ0n) is 12.1. The fraction of sp³-hybridized carbons (Fsp3) is 0.467. The molecule has 0 radical (unpaired) electrons. The molecule has 0 spiro atoms. The van der Waals surface area contributed by atoms with Crippen molar-refractivity contribution in [2.45, 2.75) is 26.3 Å². The number of carbonyl (C=O) groups is 1. The van der Waals surface area contributed by atoms with Crippen molar-refractivity contribution < 1.29 is 4.79 Å². The number of para-hydroxylation sites is 2. The number of imidazole rings is 1. The molecule has 0 saturated heterocycles. The summed E-state index contributed by atoms with van der Waals surface area (Å²) in [5.74, 6) is 1.72. The predicted molar refractivity (Wildman–Crippen MR) is 84.8 cm³/mol. The number of aromatic amines is 1. The van der Waals surface area contributed by atoms with Crippen molar-refractivity contribution >= 4 is 28.7 Å². The number of amides is 1. The van der Waals surface area contributed by atoms with Crippen LogP contribution >= 0.6 is 11.8 Å². The normalized spacial score (nSPS) is 14.2. The summed E-state index contributed by atoms with van der Waals surface area (Å²) in [6, 6.07) is 7.87. The number of carbonyl (C=O) groups excluding carboxylic acids is 1. The monoisotopic (exact) mass is 291 g/mol. The minimum Gasteiger partial charge on any atom is -0.345 e. The van der Waals surface area contributed by atoms with Gasteiger partial charge in [-0.2, -0.15) is 11.8 Å². The van der Waals surface area contributed by atoms with Crippen LogP contribution in [0.15, 0.2) is 24.3 Å². The lowest BCUT2D eigenvalue weighted by molar-refractivity contribution is -0.119. The van der Waals surface area contributed by atoms with Crippen LogP contribution in [0.2, 0.25) is 0 Å². The summed E-state index contributed by atoms with van der Waals surface area (Å²) in [4.78, 5) is 19.8. The molecule has 0 aliphatic rings. The number of hydrogen-bond acceptors (Lipinski definition) is 3. The highest BCUT2D eigenvalue weighted by Crippen LogP contribution is 2.24. The lowest BCUT2D eigenvalue weighted by Gasteiger charge is -2.22. The summed E-state index contributed by atoms with van der Waals surface area (Å²) in [6.07, 6.45) is 2.92. The van der Waals surface area contributed by atoms with Gasteiger partial charge in [0.2, 0.25) is 5.91 Å². The Hall–Kier alpha value is -1.49. The second kappa shape index (κ2) is 6.79. The first-order chi connectivity index (χ1) is 9.65. The summed E-state index contributed by atoms with van der Waals surface area (Å²) in [7, 11) is 0. The predicted octanol–water partition coefficient (Wildman–Crippen LogP) is 3.13. The Morgan fingerprint density at radius 1 is 1.45 bits per heavy atom. The van der Waals surface area contributed by atoms with Crippen LogP contribution in [-0.4, -0.2) is 27.9 Å². The standard InChI is InChI=1S/C15H21N3OS/c1-4-10(2)14(18-13(19)9-20-3)15-16-11-7-5-6-8-12(11)17-15/h5-8,10,14H,4,9H2,1-3H3,(H,16,17)(H,18,19)/t10-,14+/m1/s1. The van der Waals surface area contributed by atoms with Crippen molar-refractivity contribution in [2.75, 3.05) is 12.0 Å². The van der Waals surface area contributed by atoms with Crippen molar-refractivity contribution in [3.63, 3.8) is 0 Å². The molecule has 0 aliphatic heterocycles. The summed E-state index contributed by atoms with van der Waals surface area (Å²) in [6.45, 7) is 4.26. The van der Waals surface area contributed by atoms with Crippen LogP contribution in [0.4, 0.5) is 0 Å². The molecule has 108 valence electrons. The number of benzene rings is 1. The Bertz CT molecular complexity index is 548. The maximum Gasteiger partial charge on any atom is 0.230 e. The molecule has 2 aromatic rings. The van der Waals surface area contributed by atoms with Gasteiger partial charge >= 0.3 is 0 Å². The second-order valence-electron chi connectivity index (χ2n) is 5.00. The van der Waals surface area contributed by atoms with Crippen LogP contribution in [-0.2, 0) is 4.79 Å². The number of H-pyrrole nitrogens is 1. The van der Waals surface area contributed by atoms with E-state index in [1.807, 2.05) is 30.5 Å². The van der Waals surface area contributed by atoms with Gasteiger partial charge in [0, 0.05) is 0 Å². The van der Waals surface area contributed by atoms with E-state index in [1.54, 1.807) is 0 Å². The maximum absolute atomic E-state index is 11.9. The van der Waals surface area contributed by atoms with E-state index in [0.29, 0.717) is 11.7 Å². The summed E-state index contributed by atoms with van der Waals surface area (Å²) in [5, 5.41) is 3.09. The minimum absolute atomic E-state index is 0.0586. The third-order valence-corrected chi connectivity index (χ3v) is 4.06. The van der Waals surface area contributed by atoms with Gasteiger partial charge in [-0.3, -0.25) is 4.79 Å². The van der Waals surface area contributed by atoms with Gasteiger partial charge in [-0.15, -0.1) is 0 Å². The van der Waals surface area contributed by atoms with E-state index in [4.69, 9.17) is 0 Å². The van der Waals surface area contributed by atoms with Crippen molar-refractivity contribution in [1.82, 2.24) is 15.3 Å². The van der Waals surface area contributed by atoms with E-state index < -0.39 is 0 Å². The van der Waals surface area contributed by atoms with Crippen molar-refractivity contribution in [3.05, 3.63) is 30.1 Å². The third-order valence-electron chi connectivity index (χ3n) is 3.51. The molecular weight excluding hydrogens is 270 g/mol. The smallest absolute Gasteiger partial charge is 0.230 e. The van der Waals surface area contributed by atoms with Gasteiger partial charge in [-0.1, -0.05) is 32.4 Å². The first-order valence-corrected chi connectivity index (χ1v) is 8.28. The van der Waals surface area contributed by atoms with Crippen LogP contribution in [0.1, 0.15) is 32.1 Å². The van der Waals surface area contributed by atoms with Crippen LogP contribution in [0.25, 0.3) is 11.0 Å². The maximum atomic E-state index is 11.9. The molecule has 2 N–H and O–H groups in total. The highest BCUT2D eigenvalue weighted by Gasteiger charge is 2.23. The highest BCUT2D eigenvalue weighted by atomic mass is 32.2. The zero-order chi connectivity index (χ0) is 14.5. The number of thioether (sulfide) groups is 1. The Balaban J connectivity index is 2.27. The zero-order valence-corrected chi connectivity index (χ0v) is 13.0. The van der Waals surface area contributed by atoms with Crippen LogP contribution in [0.5, 0.6) is 0 Å². The van der Waals surface area contributed by atoms with E-state index in [2.05, 4.69) is 29.1 Å².